The van der Waals surface area contributed by atoms with Crippen molar-refractivity contribution in [3.63, 3.8) is 0 Å². The van der Waals surface area contributed by atoms with Gasteiger partial charge in [-0.2, -0.15) is 4.98 Å². The summed E-state index contributed by atoms with van der Waals surface area (Å²) in [6.45, 7) is 4.75. The molecular formula is C12H22N6O2. The Bertz CT molecular complexity index is 450. The summed E-state index contributed by atoms with van der Waals surface area (Å²) in [5, 5.41) is 5.76. The molecule has 0 spiro atoms. The second-order valence-electron chi connectivity index (χ2n) is 4.66. The number of aromatic nitrogens is 2. The predicted octanol–water partition coefficient (Wildman–Crippen LogP) is 0.529. The van der Waals surface area contributed by atoms with Gasteiger partial charge in [-0.15, -0.1) is 0 Å². The summed E-state index contributed by atoms with van der Waals surface area (Å²) < 4.78 is 5.47. The molecule has 0 atom stereocenters. The van der Waals surface area contributed by atoms with Gasteiger partial charge in [0.2, 0.25) is 5.88 Å². The van der Waals surface area contributed by atoms with Crippen molar-refractivity contribution in [3.8, 4) is 5.88 Å². The molecule has 4 N–H and O–H groups in total. The number of anilines is 2. The molecule has 0 unspecified atom stereocenters. The zero-order valence-electron chi connectivity index (χ0n) is 12.3. The van der Waals surface area contributed by atoms with E-state index in [4.69, 9.17) is 10.5 Å². The molecule has 0 fully saturated rings. The van der Waals surface area contributed by atoms with Crippen LogP contribution < -0.4 is 21.1 Å². The number of hydrogen-bond donors (Lipinski definition) is 3. The third kappa shape index (κ3) is 4.79. The van der Waals surface area contributed by atoms with Crippen molar-refractivity contribution in [1.29, 1.82) is 0 Å². The van der Waals surface area contributed by atoms with Gasteiger partial charge in [-0.3, -0.25) is 0 Å². The van der Waals surface area contributed by atoms with Crippen LogP contribution >= 0.6 is 0 Å². The topological polar surface area (TPSA) is 105 Å². The number of hydrogen-bond acceptors (Lipinski definition) is 6. The molecule has 8 heteroatoms. The maximum atomic E-state index is 11.3. The fourth-order valence-corrected chi connectivity index (χ4v) is 1.35. The SMILES string of the molecule is CC(C)Oc1ncnc(NCCNC(=O)N(C)C)c1N. The first-order valence-electron chi connectivity index (χ1n) is 6.38. The van der Waals surface area contributed by atoms with Crippen LogP contribution in [0.5, 0.6) is 5.88 Å². The van der Waals surface area contributed by atoms with Crippen LogP contribution in [-0.2, 0) is 0 Å². The predicted molar refractivity (Wildman–Crippen MR) is 77.8 cm³/mol. The van der Waals surface area contributed by atoms with Crippen LogP contribution in [0.15, 0.2) is 6.33 Å². The van der Waals surface area contributed by atoms with Crippen LogP contribution in [-0.4, -0.2) is 54.2 Å². The molecule has 0 aliphatic carbocycles. The maximum Gasteiger partial charge on any atom is 0.316 e. The van der Waals surface area contributed by atoms with E-state index in [0.29, 0.717) is 30.5 Å². The largest absolute Gasteiger partial charge is 0.473 e. The molecule has 1 aromatic heterocycles. The van der Waals surface area contributed by atoms with Gasteiger partial charge in [0.25, 0.3) is 0 Å². The number of urea groups is 1. The second-order valence-corrected chi connectivity index (χ2v) is 4.66. The molecule has 0 aliphatic heterocycles. The van der Waals surface area contributed by atoms with Gasteiger partial charge in [-0.1, -0.05) is 0 Å². The number of amides is 2. The molecule has 112 valence electrons. The van der Waals surface area contributed by atoms with E-state index in [1.807, 2.05) is 13.8 Å². The molecule has 0 aliphatic rings. The average Bonchev–Trinajstić information content (AvgIpc) is 2.37. The van der Waals surface area contributed by atoms with Crippen molar-refractivity contribution >= 4 is 17.5 Å². The van der Waals surface area contributed by atoms with Gasteiger partial charge in [0.1, 0.15) is 12.0 Å². The minimum atomic E-state index is -0.147. The number of carbonyl (C=O) groups excluding carboxylic acids is 1. The molecule has 20 heavy (non-hydrogen) atoms. The Morgan fingerprint density at radius 2 is 2.10 bits per heavy atom. The van der Waals surface area contributed by atoms with Gasteiger partial charge in [0.05, 0.1) is 6.10 Å². The number of ether oxygens (including phenoxy) is 1. The van der Waals surface area contributed by atoms with Gasteiger partial charge in [-0.25, -0.2) is 9.78 Å². The molecule has 0 radical (unpaired) electrons. The van der Waals surface area contributed by atoms with Crippen LogP contribution in [0.4, 0.5) is 16.3 Å². The molecule has 0 saturated carbocycles. The minimum Gasteiger partial charge on any atom is -0.473 e. The Labute approximate surface area is 118 Å². The van der Waals surface area contributed by atoms with E-state index in [9.17, 15) is 4.79 Å². The monoisotopic (exact) mass is 282 g/mol. The van der Waals surface area contributed by atoms with Crippen molar-refractivity contribution in [2.75, 3.05) is 38.2 Å². The summed E-state index contributed by atoms with van der Waals surface area (Å²) in [6.07, 6.45) is 1.37. The summed E-state index contributed by atoms with van der Waals surface area (Å²) in [6, 6.07) is -0.147. The fraction of sp³-hybridized carbons (Fsp3) is 0.583. The van der Waals surface area contributed by atoms with Gasteiger partial charge in [-0.05, 0) is 13.8 Å². The summed E-state index contributed by atoms with van der Waals surface area (Å²) >= 11 is 0. The van der Waals surface area contributed by atoms with E-state index in [-0.39, 0.29) is 12.1 Å². The van der Waals surface area contributed by atoms with Gasteiger partial charge >= 0.3 is 6.03 Å². The standard InChI is InChI=1S/C12H22N6O2/c1-8(2)20-11-9(13)10(16-7-17-11)14-5-6-15-12(19)18(3)4/h7-8H,5-6,13H2,1-4H3,(H,15,19)(H,14,16,17). The Kier molecular flexibility index (Phi) is 5.82. The molecule has 0 saturated heterocycles. The summed E-state index contributed by atoms with van der Waals surface area (Å²) in [5.41, 5.74) is 6.28. The van der Waals surface area contributed by atoms with Crippen LogP contribution in [0, 0.1) is 0 Å². The lowest BCUT2D eigenvalue weighted by Crippen LogP contribution is -2.37. The molecule has 1 rings (SSSR count). The van der Waals surface area contributed by atoms with Gasteiger partial charge in [0, 0.05) is 27.2 Å². The average molecular weight is 282 g/mol. The van der Waals surface area contributed by atoms with Crippen molar-refractivity contribution in [3.05, 3.63) is 6.33 Å². The number of nitrogen functional groups attached to an aromatic ring is 1. The summed E-state index contributed by atoms with van der Waals surface area (Å²) in [5.74, 6) is 0.851. The minimum absolute atomic E-state index is 0.0144. The van der Waals surface area contributed by atoms with Crippen molar-refractivity contribution < 1.29 is 9.53 Å². The smallest absolute Gasteiger partial charge is 0.316 e. The Balaban J connectivity index is 2.50. The summed E-state index contributed by atoms with van der Waals surface area (Å²) in [7, 11) is 3.36. The lowest BCUT2D eigenvalue weighted by Gasteiger charge is -2.15. The highest BCUT2D eigenvalue weighted by atomic mass is 16.5. The Morgan fingerprint density at radius 3 is 2.70 bits per heavy atom. The Morgan fingerprint density at radius 1 is 1.40 bits per heavy atom. The number of rotatable bonds is 6. The lowest BCUT2D eigenvalue weighted by atomic mass is 10.4. The van der Waals surface area contributed by atoms with Crippen LogP contribution in [0.2, 0.25) is 0 Å². The van der Waals surface area contributed by atoms with E-state index in [1.165, 1.54) is 11.2 Å². The number of nitrogens with two attached hydrogens (primary N) is 1. The molecule has 8 nitrogen and oxygen atoms in total. The van der Waals surface area contributed by atoms with Gasteiger partial charge < -0.3 is 26.0 Å². The van der Waals surface area contributed by atoms with E-state index < -0.39 is 0 Å². The molecule has 0 bridgehead atoms. The van der Waals surface area contributed by atoms with Crippen molar-refractivity contribution in [2.45, 2.75) is 20.0 Å². The highest BCUT2D eigenvalue weighted by Gasteiger charge is 2.10. The number of nitrogens with zero attached hydrogens (tertiary/aromatic N) is 3. The lowest BCUT2D eigenvalue weighted by molar-refractivity contribution is 0.218. The van der Waals surface area contributed by atoms with E-state index >= 15 is 0 Å². The maximum absolute atomic E-state index is 11.3. The first-order chi connectivity index (χ1) is 9.41. The summed E-state index contributed by atoms with van der Waals surface area (Å²) in [4.78, 5) is 20.8. The van der Waals surface area contributed by atoms with Crippen LogP contribution in [0.25, 0.3) is 0 Å². The first kappa shape index (κ1) is 15.8. The highest BCUT2D eigenvalue weighted by molar-refractivity contribution is 5.73. The Hall–Kier alpha value is -2.25. The second kappa shape index (κ2) is 7.37. The molecule has 1 aromatic rings. The normalized spacial score (nSPS) is 10.2. The third-order valence-corrected chi connectivity index (χ3v) is 2.29. The van der Waals surface area contributed by atoms with Crippen molar-refractivity contribution in [2.24, 2.45) is 0 Å². The number of nitrogens with one attached hydrogen (secondary N) is 2. The van der Waals surface area contributed by atoms with Crippen molar-refractivity contribution in [1.82, 2.24) is 20.2 Å². The number of carbonyl (C=O) groups is 1. The van der Waals surface area contributed by atoms with Gasteiger partial charge in [0.15, 0.2) is 5.82 Å². The van der Waals surface area contributed by atoms with E-state index in [1.54, 1.807) is 14.1 Å². The highest BCUT2D eigenvalue weighted by Crippen LogP contribution is 2.24. The third-order valence-electron chi connectivity index (χ3n) is 2.29. The van der Waals surface area contributed by atoms with Crippen LogP contribution in [0.3, 0.4) is 0 Å². The zero-order chi connectivity index (χ0) is 15.1. The molecule has 0 aromatic carbocycles. The first-order valence-corrected chi connectivity index (χ1v) is 6.38. The van der Waals surface area contributed by atoms with Crippen LogP contribution in [0.1, 0.15) is 13.8 Å². The van der Waals surface area contributed by atoms with E-state index in [0.717, 1.165) is 0 Å². The molecule has 1 heterocycles. The molecule has 2 amide bonds. The molecular weight excluding hydrogens is 260 g/mol. The zero-order valence-corrected chi connectivity index (χ0v) is 12.3. The fourth-order valence-electron chi connectivity index (χ4n) is 1.35. The quantitative estimate of drug-likeness (QED) is 0.657. The van der Waals surface area contributed by atoms with E-state index in [2.05, 4.69) is 20.6 Å².